The van der Waals surface area contributed by atoms with E-state index in [0.29, 0.717) is 0 Å². The minimum atomic E-state index is 0.275. The average molecular weight is 221 g/mol. The van der Waals surface area contributed by atoms with Crippen molar-refractivity contribution in [3.63, 3.8) is 0 Å². The molecule has 0 radical (unpaired) electrons. The van der Waals surface area contributed by atoms with Crippen molar-refractivity contribution in [2.75, 3.05) is 18.1 Å². The van der Waals surface area contributed by atoms with Crippen LogP contribution in [-0.2, 0) is 6.54 Å². The number of para-hydroxylation sites is 1. The van der Waals surface area contributed by atoms with Gasteiger partial charge in [0.1, 0.15) is 0 Å². The van der Waals surface area contributed by atoms with Gasteiger partial charge in [0.05, 0.1) is 6.61 Å². The van der Waals surface area contributed by atoms with Crippen LogP contribution in [0.15, 0.2) is 36.5 Å². The van der Waals surface area contributed by atoms with Gasteiger partial charge in [-0.15, -0.1) is 0 Å². The van der Waals surface area contributed by atoms with E-state index in [9.17, 15) is 0 Å². The van der Waals surface area contributed by atoms with Crippen LogP contribution in [-0.4, -0.2) is 27.8 Å². The van der Waals surface area contributed by atoms with Crippen molar-refractivity contribution >= 4 is 22.7 Å². The molecule has 2 aromatic rings. The first-order valence-corrected chi connectivity index (χ1v) is 6.30. The number of fused-ring (bicyclic) bond motifs is 1. The van der Waals surface area contributed by atoms with E-state index in [1.807, 2.05) is 0 Å². The molecule has 0 aliphatic rings. The standard InChI is InChI=1S/C12H15NOS/c14-8-10-15-9-7-13-6-5-11-3-1-2-4-12(11)13/h1-6,14H,7-10H2. The molecular weight excluding hydrogens is 206 g/mol. The van der Waals surface area contributed by atoms with Crippen LogP contribution in [0.1, 0.15) is 0 Å². The van der Waals surface area contributed by atoms with Crippen molar-refractivity contribution in [1.29, 1.82) is 0 Å². The second-order valence-corrected chi connectivity index (χ2v) is 4.63. The zero-order chi connectivity index (χ0) is 10.5. The zero-order valence-corrected chi connectivity index (χ0v) is 9.41. The third kappa shape index (κ3) is 2.55. The molecule has 0 amide bonds. The summed E-state index contributed by atoms with van der Waals surface area (Å²) in [6, 6.07) is 10.6. The zero-order valence-electron chi connectivity index (χ0n) is 8.60. The molecular formula is C12H15NOS. The van der Waals surface area contributed by atoms with Crippen LogP contribution in [0.5, 0.6) is 0 Å². The fourth-order valence-corrected chi connectivity index (χ4v) is 2.32. The van der Waals surface area contributed by atoms with Crippen LogP contribution in [0.2, 0.25) is 0 Å². The lowest BCUT2D eigenvalue weighted by molar-refractivity contribution is 0.322. The van der Waals surface area contributed by atoms with Crippen LogP contribution in [0.4, 0.5) is 0 Å². The van der Waals surface area contributed by atoms with E-state index in [2.05, 4.69) is 41.1 Å². The molecule has 0 aliphatic carbocycles. The van der Waals surface area contributed by atoms with Gasteiger partial charge in [-0.2, -0.15) is 11.8 Å². The molecule has 0 bridgehead atoms. The van der Waals surface area contributed by atoms with Gasteiger partial charge < -0.3 is 9.67 Å². The summed E-state index contributed by atoms with van der Waals surface area (Å²) in [6.45, 7) is 1.29. The second-order valence-electron chi connectivity index (χ2n) is 3.40. The summed E-state index contributed by atoms with van der Waals surface area (Å²) in [7, 11) is 0. The third-order valence-electron chi connectivity index (χ3n) is 2.39. The average Bonchev–Trinajstić information content (AvgIpc) is 2.68. The number of hydrogen-bond acceptors (Lipinski definition) is 2. The summed E-state index contributed by atoms with van der Waals surface area (Å²) in [5.41, 5.74) is 1.29. The molecule has 3 heteroatoms. The van der Waals surface area contributed by atoms with Crippen molar-refractivity contribution in [1.82, 2.24) is 4.57 Å². The molecule has 0 fully saturated rings. The highest BCUT2D eigenvalue weighted by atomic mass is 32.2. The summed E-state index contributed by atoms with van der Waals surface area (Å²) in [5.74, 6) is 1.89. The molecule has 2 nitrogen and oxygen atoms in total. The minimum absolute atomic E-state index is 0.275. The first-order chi connectivity index (χ1) is 7.42. The van der Waals surface area contributed by atoms with Gasteiger partial charge in [0, 0.05) is 29.8 Å². The normalized spacial score (nSPS) is 11.0. The van der Waals surface area contributed by atoms with E-state index in [4.69, 9.17) is 5.11 Å². The number of aliphatic hydroxyl groups excluding tert-OH is 1. The predicted octanol–water partition coefficient (Wildman–Crippen LogP) is 2.37. The van der Waals surface area contributed by atoms with Gasteiger partial charge in [-0.05, 0) is 17.5 Å². The van der Waals surface area contributed by atoms with Gasteiger partial charge in [-0.3, -0.25) is 0 Å². The molecule has 0 saturated carbocycles. The highest BCUT2D eigenvalue weighted by Crippen LogP contribution is 2.15. The van der Waals surface area contributed by atoms with Gasteiger partial charge in [0.15, 0.2) is 0 Å². The Labute approximate surface area is 93.9 Å². The largest absolute Gasteiger partial charge is 0.396 e. The Balaban J connectivity index is 2.02. The van der Waals surface area contributed by atoms with Gasteiger partial charge in [-0.1, -0.05) is 18.2 Å². The molecule has 1 heterocycles. The first kappa shape index (κ1) is 10.6. The highest BCUT2D eigenvalue weighted by molar-refractivity contribution is 7.99. The van der Waals surface area contributed by atoms with E-state index in [0.717, 1.165) is 18.1 Å². The Hall–Kier alpha value is -0.930. The summed E-state index contributed by atoms with van der Waals surface area (Å²) in [5, 5.41) is 9.96. The second kappa shape index (κ2) is 5.24. The van der Waals surface area contributed by atoms with Gasteiger partial charge in [0.25, 0.3) is 0 Å². The van der Waals surface area contributed by atoms with Crippen LogP contribution < -0.4 is 0 Å². The number of hydrogen-bond donors (Lipinski definition) is 1. The predicted molar refractivity (Wildman–Crippen MR) is 66.3 cm³/mol. The third-order valence-corrected chi connectivity index (χ3v) is 3.33. The first-order valence-electron chi connectivity index (χ1n) is 5.14. The Bertz CT molecular complexity index is 424. The Kier molecular flexibility index (Phi) is 3.69. The summed E-state index contributed by atoms with van der Waals surface area (Å²) < 4.78 is 2.26. The van der Waals surface area contributed by atoms with Crippen molar-refractivity contribution in [3.05, 3.63) is 36.5 Å². The molecule has 2 rings (SSSR count). The summed E-state index contributed by atoms with van der Waals surface area (Å²) in [6.07, 6.45) is 2.13. The maximum atomic E-state index is 8.67. The van der Waals surface area contributed by atoms with E-state index in [-0.39, 0.29) is 6.61 Å². The fourth-order valence-electron chi connectivity index (χ4n) is 1.67. The molecule has 15 heavy (non-hydrogen) atoms. The number of benzene rings is 1. The minimum Gasteiger partial charge on any atom is -0.396 e. The number of thioether (sulfide) groups is 1. The molecule has 0 aliphatic heterocycles. The highest BCUT2D eigenvalue weighted by Gasteiger charge is 1.98. The van der Waals surface area contributed by atoms with Crippen LogP contribution >= 0.6 is 11.8 Å². The quantitative estimate of drug-likeness (QED) is 0.784. The van der Waals surface area contributed by atoms with Crippen LogP contribution in [0, 0.1) is 0 Å². The topological polar surface area (TPSA) is 25.2 Å². The number of aliphatic hydroxyl groups is 1. The maximum absolute atomic E-state index is 8.67. The lowest BCUT2D eigenvalue weighted by Crippen LogP contribution is -1.99. The molecule has 0 unspecified atom stereocenters. The number of nitrogens with zero attached hydrogens (tertiary/aromatic N) is 1. The molecule has 0 spiro atoms. The summed E-state index contributed by atoms with van der Waals surface area (Å²) in [4.78, 5) is 0. The number of aromatic nitrogens is 1. The SMILES string of the molecule is OCCSCCn1ccc2ccccc21. The molecule has 0 saturated heterocycles. The van der Waals surface area contributed by atoms with E-state index in [1.165, 1.54) is 10.9 Å². The molecule has 1 aromatic heterocycles. The summed E-state index contributed by atoms with van der Waals surface area (Å²) >= 11 is 1.79. The van der Waals surface area contributed by atoms with Crippen molar-refractivity contribution in [3.8, 4) is 0 Å². The van der Waals surface area contributed by atoms with E-state index >= 15 is 0 Å². The van der Waals surface area contributed by atoms with Crippen molar-refractivity contribution < 1.29 is 5.11 Å². The number of rotatable bonds is 5. The van der Waals surface area contributed by atoms with E-state index < -0.39 is 0 Å². The van der Waals surface area contributed by atoms with Crippen molar-refractivity contribution in [2.24, 2.45) is 0 Å². The lowest BCUT2D eigenvalue weighted by atomic mass is 10.2. The Morgan fingerprint density at radius 1 is 1.13 bits per heavy atom. The smallest absolute Gasteiger partial charge is 0.0521 e. The van der Waals surface area contributed by atoms with Crippen molar-refractivity contribution in [2.45, 2.75) is 6.54 Å². The van der Waals surface area contributed by atoms with E-state index in [1.54, 1.807) is 11.8 Å². The van der Waals surface area contributed by atoms with Gasteiger partial charge in [0.2, 0.25) is 0 Å². The lowest BCUT2D eigenvalue weighted by Gasteiger charge is -2.04. The van der Waals surface area contributed by atoms with Crippen LogP contribution in [0.25, 0.3) is 10.9 Å². The van der Waals surface area contributed by atoms with Gasteiger partial charge >= 0.3 is 0 Å². The number of aryl methyl sites for hydroxylation is 1. The Morgan fingerprint density at radius 3 is 2.87 bits per heavy atom. The Morgan fingerprint density at radius 2 is 2.00 bits per heavy atom. The molecule has 0 atom stereocenters. The molecule has 1 N–H and O–H groups in total. The molecule has 1 aromatic carbocycles. The molecule has 80 valence electrons. The fraction of sp³-hybridized carbons (Fsp3) is 0.333. The monoisotopic (exact) mass is 221 g/mol. The van der Waals surface area contributed by atoms with Gasteiger partial charge in [-0.25, -0.2) is 0 Å². The maximum Gasteiger partial charge on any atom is 0.0521 e. The van der Waals surface area contributed by atoms with Crippen LogP contribution in [0.3, 0.4) is 0 Å².